The number of esters is 1. The van der Waals surface area contributed by atoms with Crippen LogP contribution in [0.4, 0.5) is 13.6 Å². The van der Waals surface area contributed by atoms with E-state index in [1.165, 1.54) is 0 Å². The topological polar surface area (TPSA) is 64.6 Å². The summed E-state index contributed by atoms with van der Waals surface area (Å²) in [5.41, 5.74) is -2.10. The Morgan fingerprint density at radius 2 is 2.00 bits per heavy atom. The van der Waals surface area contributed by atoms with Gasteiger partial charge in [0.25, 0.3) is 0 Å². The molecule has 0 saturated heterocycles. The SMILES string of the molecule is COC(=O)[C@@]1(NC(=O)OC(C)(C)C)C[C@H]1CC(F)F. The number of hydrogen-bond acceptors (Lipinski definition) is 4. The molecule has 0 radical (unpaired) electrons. The largest absolute Gasteiger partial charge is 0.467 e. The van der Waals surface area contributed by atoms with E-state index >= 15 is 0 Å². The van der Waals surface area contributed by atoms with Crippen molar-refractivity contribution in [3.63, 3.8) is 0 Å². The number of halogens is 2. The number of rotatable bonds is 4. The van der Waals surface area contributed by atoms with Crippen LogP contribution in [0.5, 0.6) is 0 Å². The summed E-state index contributed by atoms with van der Waals surface area (Å²) in [6.07, 6.45) is -3.65. The van der Waals surface area contributed by atoms with E-state index in [1.807, 2.05) is 0 Å². The molecule has 7 heteroatoms. The third-order valence-corrected chi connectivity index (χ3v) is 2.84. The van der Waals surface area contributed by atoms with Crippen LogP contribution >= 0.6 is 0 Å². The molecule has 0 bridgehead atoms. The van der Waals surface area contributed by atoms with E-state index in [0.717, 1.165) is 7.11 Å². The first-order valence-corrected chi connectivity index (χ1v) is 5.98. The molecule has 0 aromatic heterocycles. The maximum atomic E-state index is 12.3. The number of methoxy groups -OCH3 is 1. The van der Waals surface area contributed by atoms with Gasteiger partial charge in [0, 0.05) is 12.3 Å². The lowest BCUT2D eigenvalue weighted by Gasteiger charge is -2.23. The van der Waals surface area contributed by atoms with Crippen LogP contribution in [-0.4, -0.2) is 36.7 Å². The molecular formula is C12H19F2NO4. The van der Waals surface area contributed by atoms with Crippen molar-refractivity contribution < 1.29 is 27.8 Å². The molecule has 1 N–H and O–H groups in total. The third-order valence-electron chi connectivity index (χ3n) is 2.84. The van der Waals surface area contributed by atoms with Gasteiger partial charge in [-0.1, -0.05) is 0 Å². The first-order valence-electron chi connectivity index (χ1n) is 5.98. The smallest absolute Gasteiger partial charge is 0.408 e. The molecule has 5 nitrogen and oxygen atoms in total. The molecule has 0 aliphatic heterocycles. The van der Waals surface area contributed by atoms with Crippen LogP contribution in [0, 0.1) is 5.92 Å². The van der Waals surface area contributed by atoms with E-state index in [9.17, 15) is 18.4 Å². The molecule has 1 aliphatic rings. The summed E-state index contributed by atoms with van der Waals surface area (Å²) in [5, 5.41) is 2.36. The molecule has 0 unspecified atom stereocenters. The van der Waals surface area contributed by atoms with Crippen LogP contribution in [0.1, 0.15) is 33.6 Å². The van der Waals surface area contributed by atoms with Gasteiger partial charge in [0.15, 0.2) is 0 Å². The number of hydrogen-bond donors (Lipinski definition) is 1. The Labute approximate surface area is 110 Å². The van der Waals surface area contributed by atoms with Crippen molar-refractivity contribution in [2.24, 2.45) is 5.92 Å². The Hall–Kier alpha value is -1.40. The second kappa shape index (κ2) is 5.30. The molecule has 0 heterocycles. The first-order chi connectivity index (χ1) is 8.60. The molecule has 19 heavy (non-hydrogen) atoms. The van der Waals surface area contributed by atoms with E-state index in [0.29, 0.717) is 0 Å². The van der Waals surface area contributed by atoms with Crippen molar-refractivity contribution >= 4 is 12.1 Å². The zero-order valence-electron chi connectivity index (χ0n) is 11.5. The van der Waals surface area contributed by atoms with Crippen LogP contribution in [0.15, 0.2) is 0 Å². The second-order valence-electron chi connectivity index (χ2n) is 5.62. The van der Waals surface area contributed by atoms with Gasteiger partial charge in [0.2, 0.25) is 6.43 Å². The fourth-order valence-corrected chi connectivity index (χ4v) is 1.95. The molecule has 2 atom stereocenters. The van der Waals surface area contributed by atoms with Crippen molar-refractivity contribution in [2.45, 2.75) is 51.2 Å². The van der Waals surface area contributed by atoms with E-state index < -0.39 is 42.0 Å². The van der Waals surface area contributed by atoms with Crippen LogP contribution < -0.4 is 5.32 Å². The van der Waals surface area contributed by atoms with E-state index in [-0.39, 0.29) is 6.42 Å². The van der Waals surface area contributed by atoms with E-state index in [1.54, 1.807) is 20.8 Å². The molecule has 1 amide bonds. The lowest BCUT2D eigenvalue weighted by Crippen LogP contribution is -2.47. The van der Waals surface area contributed by atoms with Gasteiger partial charge in [-0.2, -0.15) is 0 Å². The minimum Gasteiger partial charge on any atom is -0.467 e. The molecule has 0 spiro atoms. The van der Waals surface area contributed by atoms with Gasteiger partial charge >= 0.3 is 12.1 Å². The Bertz CT molecular complexity index is 367. The number of nitrogens with one attached hydrogen (secondary N) is 1. The minimum atomic E-state index is -2.53. The highest BCUT2D eigenvalue weighted by molar-refractivity contribution is 5.89. The summed E-state index contributed by atoms with van der Waals surface area (Å²) < 4.78 is 34.3. The highest BCUT2D eigenvalue weighted by atomic mass is 19.3. The van der Waals surface area contributed by atoms with Crippen molar-refractivity contribution in [3.8, 4) is 0 Å². The van der Waals surface area contributed by atoms with Gasteiger partial charge < -0.3 is 14.8 Å². The standard InChI is InChI=1S/C12H19F2NO4/c1-11(2,3)19-10(17)15-12(9(16)18-4)6-7(12)5-8(13)14/h7-8H,5-6H2,1-4H3,(H,15,17)/t7-,12-/m1/s1. The van der Waals surface area contributed by atoms with Crippen LogP contribution in [0.2, 0.25) is 0 Å². The summed E-state index contributed by atoms with van der Waals surface area (Å²) in [6, 6.07) is 0. The molecule has 0 aromatic carbocycles. The van der Waals surface area contributed by atoms with Gasteiger partial charge in [0.05, 0.1) is 7.11 Å². The first kappa shape index (κ1) is 15.7. The van der Waals surface area contributed by atoms with Gasteiger partial charge in [0.1, 0.15) is 11.1 Å². The highest BCUT2D eigenvalue weighted by Crippen LogP contribution is 2.48. The average Bonchev–Trinajstić information content (AvgIpc) is 2.86. The number of alkyl halides is 2. The van der Waals surface area contributed by atoms with Crippen LogP contribution in [0.25, 0.3) is 0 Å². The summed E-state index contributed by atoms with van der Waals surface area (Å²) in [7, 11) is 1.15. The Morgan fingerprint density at radius 3 is 2.42 bits per heavy atom. The summed E-state index contributed by atoms with van der Waals surface area (Å²) in [5.74, 6) is -1.34. The zero-order chi connectivity index (χ0) is 14.8. The highest BCUT2D eigenvalue weighted by Gasteiger charge is 2.63. The Morgan fingerprint density at radius 1 is 1.42 bits per heavy atom. The normalized spacial score (nSPS) is 25.9. The van der Waals surface area contributed by atoms with Gasteiger partial charge in [-0.25, -0.2) is 18.4 Å². The lowest BCUT2D eigenvalue weighted by molar-refractivity contribution is -0.145. The molecule has 1 aliphatic carbocycles. The van der Waals surface area contributed by atoms with Gasteiger partial charge in [-0.3, -0.25) is 0 Å². The summed E-state index contributed by atoms with van der Waals surface area (Å²) >= 11 is 0. The Kier molecular flexibility index (Phi) is 4.37. The van der Waals surface area contributed by atoms with E-state index in [2.05, 4.69) is 10.1 Å². The monoisotopic (exact) mass is 279 g/mol. The van der Waals surface area contributed by atoms with Gasteiger partial charge in [-0.05, 0) is 27.2 Å². The fraction of sp³-hybridized carbons (Fsp3) is 0.833. The number of amides is 1. The number of carbonyl (C=O) groups excluding carboxylic acids is 2. The molecular weight excluding hydrogens is 260 g/mol. The minimum absolute atomic E-state index is 0.142. The molecule has 1 fully saturated rings. The van der Waals surface area contributed by atoms with Crippen molar-refractivity contribution in [1.82, 2.24) is 5.32 Å². The molecule has 110 valence electrons. The fourth-order valence-electron chi connectivity index (χ4n) is 1.95. The van der Waals surface area contributed by atoms with Crippen molar-refractivity contribution in [1.29, 1.82) is 0 Å². The zero-order valence-corrected chi connectivity index (χ0v) is 11.5. The summed E-state index contributed by atoms with van der Waals surface area (Å²) in [6.45, 7) is 5.00. The Balaban J connectivity index is 2.69. The number of carbonyl (C=O) groups is 2. The number of alkyl carbamates (subject to hydrolysis) is 1. The maximum Gasteiger partial charge on any atom is 0.408 e. The van der Waals surface area contributed by atoms with Crippen molar-refractivity contribution in [3.05, 3.63) is 0 Å². The quantitative estimate of drug-likeness (QED) is 0.800. The third kappa shape index (κ3) is 4.04. The lowest BCUT2D eigenvalue weighted by atomic mass is 10.1. The van der Waals surface area contributed by atoms with Gasteiger partial charge in [-0.15, -0.1) is 0 Å². The van der Waals surface area contributed by atoms with Crippen molar-refractivity contribution in [2.75, 3.05) is 7.11 Å². The second-order valence-corrected chi connectivity index (χ2v) is 5.62. The number of ether oxygens (including phenoxy) is 2. The van der Waals surface area contributed by atoms with Crippen LogP contribution in [0.3, 0.4) is 0 Å². The molecule has 1 rings (SSSR count). The predicted octanol–water partition coefficient (Wildman–Crippen LogP) is 2.10. The molecule has 1 saturated carbocycles. The average molecular weight is 279 g/mol. The predicted molar refractivity (Wildman–Crippen MR) is 62.8 cm³/mol. The maximum absolute atomic E-state index is 12.3. The summed E-state index contributed by atoms with van der Waals surface area (Å²) in [4.78, 5) is 23.3. The van der Waals surface area contributed by atoms with E-state index in [4.69, 9.17) is 4.74 Å². The van der Waals surface area contributed by atoms with Crippen LogP contribution in [-0.2, 0) is 14.3 Å². The molecule has 0 aromatic rings.